The van der Waals surface area contributed by atoms with Crippen LogP contribution < -0.4 is 11.1 Å². The summed E-state index contributed by atoms with van der Waals surface area (Å²) in [6.45, 7) is 0.772. The number of carbonyl (C=O) groups is 1. The SMILES string of the molecule is CSC1(CNC(=O)CC(N)c2ccccc2)CC1. The van der Waals surface area contributed by atoms with Gasteiger partial charge in [0.05, 0.1) is 0 Å². The fraction of sp³-hybridized carbons (Fsp3) is 0.500. The molecule has 3 N–H and O–H groups in total. The maximum Gasteiger partial charge on any atom is 0.221 e. The zero-order valence-electron chi connectivity index (χ0n) is 10.7. The summed E-state index contributed by atoms with van der Waals surface area (Å²) >= 11 is 1.85. The first-order chi connectivity index (χ1) is 8.65. The van der Waals surface area contributed by atoms with Crippen LogP contribution >= 0.6 is 11.8 Å². The summed E-state index contributed by atoms with van der Waals surface area (Å²) in [5.74, 6) is 0.0479. The van der Waals surface area contributed by atoms with E-state index in [2.05, 4.69) is 11.6 Å². The predicted molar refractivity (Wildman–Crippen MR) is 76.5 cm³/mol. The average Bonchev–Trinajstić information content (AvgIpc) is 3.18. The third-order valence-electron chi connectivity index (χ3n) is 3.48. The third kappa shape index (κ3) is 3.50. The maximum absolute atomic E-state index is 11.8. The van der Waals surface area contributed by atoms with Gasteiger partial charge in [0.2, 0.25) is 5.91 Å². The average molecular weight is 264 g/mol. The highest BCUT2D eigenvalue weighted by molar-refractivity contribution is 8.00. The molecule has 2 rings (SSSR count). The third-order valence-corrected chi connectivity index (χ3v) is 4.90. The van der Waals surface area contributed by atoms with Crippen LogP contribution in [0, 0.1) is 0 Å². The van der Waals surface area contributed by atoms with E-state index in [4.69, 9.17) is 5.73 Å². The number of hydrogen-bond donors (Lipinski definition) is 2. The minimum atomic E-state index is -0.212. The Hall–Kier alpha value is -1.00. The van der Waals surface area contributed by atoms with E-state index in [1.165, 1.54) is 12.8 Å². The second-order valence-electron chi connectivity index (χ2n) is 4.89. The van der Waals surface area contributed by atoms with Crippen LogP contribution in [0.25, 0.3) is 0 Å². The predicted octanol–water partition coefficient (Wildman–Crippen LogP) is 2.09. The molecule has 0 aliphatic heterocycles. The molecule has 0 heterocycles. The normalized spacial score (nSPS) is 18.1. The lowest BCUT2D eigenvalue weighted by atomic mass is 10.0. The van der Waals surface area contributed by atoms with Gasteiger partial charge in [-0.15, -0.1) is 0 Å². The van der Waals surface area contributed by atoms with Gasteiger partial charge in [-0.25, -0.2) is 0 Å². The molecule has 0 radical (unpaired) electrons. The summed E-state index contributed by atoms with van der Waals surface area (Å²) in [6, 6.07) is 9.55. The van der Waals surface area contributed by atoms with Crippen LogP contribution in [0.4, 0.5) is 0 Å². The molecule has 18 heavy (non-hydrogen) atoms. The van der Waals surface area contributed by atoms with E-state index in [9.17, 15) is 4.79 Å². The van der Waals surface area contributed by atoms with Crippen molar-refractivity contribution in [2.24, 2.45) is 5.73 Å². The molecule has 1 atom stereocenters. The molecule has 1 aliphatic carbocycles. The van der Waals surface area contributed by atoms with Crippen molar-refractivity contribution in [1.29, 1.82) is 0 Å². The molecule has 0 spiro atoms. The Labute approximate surface area is 113 Å². The summed E-state index contributed by atoms with van der Waals surface area (Å²) in [4.78, 5) is 11.8. The summed E-state index contributed by atoms with van der Waals surface area (Å²) in [5, 5.41) is 3.00. The lowest BCUT2D eigenvalue weighted by Crippen LogP contribution is -2.33. The second kappa shape index (κ2) is 5.76. The highest BCUT2D eigenvalue weighted by atomic mass is 32.2. The fourth-order valence-electron chi connectivity index (χ4n) is 1.94. The van der Waals surface area contributed by atoms with E-state index < -0.39 is 0 Å². The summed E-state index contributed by atoms with van der Waals surface area (Å²) in [7, 11) is 0. The van der Waals surface area contributed by atoms with Crippen LogP contribution in [-0.2, 0) is 4.79 Å². The number of carbonyl (C=O) groups excluding carboxylic acids is 1. The lowest BCUT2D eigenvalue weighted by molar-refractivity contribution is -0.121. The summed E-state index contributed by atoms with van der Waals surface area (Å²) < 4.78 is 0.312. The first-order valence-electron chi connectivity index (χ1n) is 6.28. The molecule has 1 aliphatic rings. The quantitative estimate of drug-likeness (QED) is 0.827. The van der Waals surface area contributed by atoms with Crippen LogP contribution in [0.1, 0.15) is 30.9 Å². The number of rotatable bonds is 6. The lowest BCUT2D eigenvalue weighted by Gasteiger charge is -2.15. The van der Waals surface area contributed by atoms with Crippen molar-refractivity contribution in [3.8, 4) is 0 Å². The highest BCUT2D eigenvalue weighted by Gasteiger charge is 2.41. The molecule has 1 aromatic rings. The first-order valence-corrected chi connectivity index (χ1v) is 7.50. The van der Waals surface area contributed by atoms with Gasteiger partial charge in [0.25, 0.3) is 0 Å². The van der Waals surface area contributed by atoms with Crippen molar-refractivity contribution in [1.82, 2.24) is 5.32 Å². The molecule has 1 fully saturated rings. The first kappa shape index (κ1) is 13.4. The Morgan fingerprint density at radius 3 is 2.67 bits per heavy atom. The monoisotopic (exact) mass is 264 g/mol. The van der Waals surface area contributed by atoms with E-state index in [0.717, 1.165) is 12.1 Å². The maximum atomic E-state index is 11.8. The standard InChI is InChI=1S/C14H20N2OS/c1-18-14(7-8-14)10-16-13(17)9-12(15)11-5-3-2-4-6-11/h2-6,12H,7-10,15H2,1H3,(H,16,17). The van der Waals surface area contributed by atoms with E-state index in [-0.39, 0.29) is 11.9 Å². The molecule has 98 valence electrons. The molecule has 1 amide bonds. The van der Waals surface area contributed by atoms with Crippen molar-refractivity contribution in [2.45, 2.75) is 30.1 Å². The molecule has 1 unspecified atom stereocenters. The number of nitrogens with two attached hydrogens (primary N) is 1. The smallest absolute Gasteiger partial charge is 0.221 e. The molecular weight excluding hydrogens is 244 g/mol. The molecule has 1 saturated carbocycles. The van der Waals surface area contributed by atoms with Gasteiger partial charge in [0, 0.05) is 23.8 Å². The Morgan fingerprint density at radius 1 is 1.44 bits per heavy atom. The van der Waals surface area contributed by atoms with Gasteiger partial charge >= 0.3 is 0 Å². The number of benzene rings is 1. The van der Waals surface area contributed by atoms with Crippen LogP contribution in [0.3, 0.4) is 0 Å². The fourth-order valence-corrected chi connectivity index (χ4v) is 2.67. The molecular formula is C14H20N2OS. The number of thioether (sulfide) groups is 1. The van der Waals surface area contributed by atoms with Crippen LogP contribution in [0.5, 0.6) is 0 Å². The van der Waals surface area contributed by atoms with Crippen molar-refractivity contribution in [2.75, 3.05) is 12.8 Å². The molecule has 0 saturated heterocycles. The highest BCUT2D eigenvalue weighted by Crippen LogP contribution is 2.46. The van der Waals surface area contributed by atoms with Crippen molar-refractivity contribution in [3.05, 3.63) is 35.9 Å². The summed E-state index contributed by atoms with van der Waals surface area (Å²) in [5.41, 5.74) is 7.03. The van der Waals surface area contributed by atoms with Gasteiger partial charge in [-0.1, -0.05) is 30.3 Å². The number of nitrogens with one attached hydrogen (secondary N) is 1. The minimum Gasteiger partial charge on any atom is -0.355 e. The van der Waals surface area contributed by atoms with Gasteiger partial charge in [0.15, 0.2) is 0 Å². The molecule has 0 bridgehead atoms. The molecule has 1 aromatic carbocycles. The van der Waals surface area contributed by atoms with E-state index in [0.29, 0.717) is 11.2 Å². The largest absolute Gasteiger partial charge is 0.355 e. The second-order valence-corrected chi connectivity index (χ2v) is 6.16. The number of amides is 1. The van der Waals surface area contributed by atoms with Gasteiger partial charge in [0.1, 0.15) is 0 Å². The Bertz CT molecular complexity index is 404. The molecule has 3 nitrogen and oxygen atoms in total. The van der Waals surface area contributed by atoms with Crippen LogP contribution in [0.15, 0.2) is 30.3 Å². The zero-order chi connectivity index (χ0) is 13.0. The van der Waals surface area contributed by atoms with Gasteiger partial charge < -0.3 is 11.1 Å². The summed E-state index contributed by atoms with van der Waals surface area (Å²) in [6.07, 6.45) is 4.88. The van der Waals surface area contributed by atoms with Crippen LogP contribution in [-0.4, -0.2) is 23.5 Å². The Kier molecular flexibility index (Phi) is 4.30. The van der Waals surface area contributed by atoms with Crippen molar-refractivity contribution < 1.29 is 4.79 Å². The van der Waals surface area contributed by atoms with E-state index in [1.807, 2.05) is 42.1 Å². The van der Waals surface area contributed by atoms with E-state index >= 15 is 0 Å². The van der Waals surface area contributed by atoms with Crippen molar-refractivity contribution in [3.63, 3.8) is 0 Å². The van der Waals surface area contributed by atoms with E-state index in [1.54, 1.807) is 0 Å². The zero-order valence-corrected chi connectivity index (χ0v) is 11.5. The van der Waals surface area contributed by atoms with Gasteiger partial charge in [-0.3, -0.25) is 4.79 Å². The minimum absolute atomic E-state index is 0.0479. The molecule has 0 aromatic heterocycles. The van der Waals surface area contributed by atoms with Crippen molar-refractivity contribution >= 4 is 17.7 Å². The topological polar surface area (TPSA) is 55.1 Å². The molecule has 4 heteroatoms. The van der Waals surface area contributed by atoms with Gasteiger partial charge in [-0.2, -0.15) is 11.8 Å². The number of hydrogen-bond acceptors (Lipinski definition) is 3. The van der Waals surface area contributed by atoms with Crippen LogP contribution in [0.2, 0.25) is 0 Å². The Morgan fingerprint density at radius 2 is 2.11 bits per heavy atom. The van der Waals surface area contributed by atoms with Gasteiger partial charge in [-0.05, 0) is 24.7 Å². The Balaban J connectivity index is 1.77.